The standard InChI is InChI=1S/C16H21NO4/c1-15(2,3)21-13(18)10-16(14(19)17-20)9-12(16)11-7-5-4-6-8-11/h4-8,12,20H,9-10H2,1-3H3,(H,17,19)/t12-,16+/m1/s1. The molecular weight excluding hydrogens is 270 g/mol. The summed E-state index contributed by atoms with van der Waals surface area (Å²) in [4.78, 5) is 24.0. The summed E-state index contributed by atoms with van der Waals surface area (Å²) in [5.41, 5.74) is 1.18. The van der Waals surface area contributed by atoms with Crippen molar-refractivity contribution in [3.8, 4) is 0 Å². The summed E-state index contributed by atoms with van der Waals surface area (Å²) in [6, 6.07) is 9.53. The van der Waals surface area contributed by atoms with E-state index in [2.05, 4.69) is 0 Å². The fourth-order valence-corrected chi connectivity index (χ4v) is 2.70. The van der Waals surface area contributed by atoms with Crippen molar-refractivity contribution in [2.45, 2.75) is 45.1 Å². The average Bonchev–Trinajstić information content (AvgIpc) is 3.12. The van der Waals surface area contributed by atoms with Crippen LogP contribution in [0.15, 0.2) is 30.3 Å². The van der Waals surface area contributed by atoms with Crippen LogP contribution in [0.5, 0.6) is 0 Å². The molecule has 2 atom stereocenters. The topological polar surface area (TPSA) is 75.6 Å². The molecule has 0 unspecified atom stereocenters. The highest BCUT2D eigenvalue weighted by atomic mass is 16.6. The van der Waals surface area contributed by atoms with E-state index in [0.717, 1.165) is 5.56 Å². The summed E-state index contributed by atoms with van der Waals surface area (Å²) < 4.78 is 5.29. The number of benzene rings is 1. The number of rotatable bonds is 4. The van der Waals surface area contributed by atoms with Gasteiger partial charge in [-0.2, -0.15) is 0 Å². The van der Waals surface area contributed by atoms with Crippen LogP contribution in [0.2, 0.25) is 0 Å². The molecule has 0 aromatic heterocycles. The zero-order chi connectivity index (χ0) is 15.7. The highest BCUT2D eigenvalue weighted by Crippen LogP contribution is 2.61. The largest absolute Gasteiger partial charge is 0.460 e. The zero-order valence-electron chi connectivity index (χ0n) is 12.6. The van der Waals surface area contributed by atoms with Gasteiger partial charge in [-0.05, 0) is 32.8 Å². The first-order valence-electron chi connectivity index (χ1n) is 7.00. The normalized spacial score (nSPS) is 24.3. The van der Waals surface area contributed by atoms with E-state index in [-0.39, 0.29) is 12.3 Å². The van der Waals surface area contributed by atoms with Gasteiger partial charge in [-0.15, -0.1) is 0 Å². The Morgan fingerprint density at radius 1 is 1.33 bits per heavy atom. The van der Waals surface area contributed by atoms with Crippen molar-refractivity contribution in [1.29, 1.82) is 0 Å². The van der Waals surface area contributed by atoms with E-state index in [1.54, 1.807) is 26.3 Å². The van der Waals surface area contributed by atoms with Gasteiger partial charge in [-0.1, -0.05) is 30.3 Å². The third kappa shape index (κ3) is 3.42. The van der Waals surface area contributed by atoms with Crippen molar-refractivity contribution in [2.24, 2.45) is 5.41 Å². The molecule has 114 valence electrons. The minimum Gasteiger partial charge on any atom is -0.460 e. The Kier molecular flexibility index (Phi) is 4.05. The first kappa shape index (κ1) is 15.5. The monoisotopic (exact) mass is 291 g/mol. The summed E-state index contributed by atoms with van der Waals surface area (Å²) in [5.74, 6) is -1.02. The third-order valence-electron chi connectivity index (χ3n) is 3.71. The van der Waals surface area contributed by atoms with Crippen LogP contribution in [-0.2, 0) is 14.3 Å². The SMILES string of the molecule is CC(C)(C)OC(=O)C[C@@]1(C(=O)NO)C[C@@H]1c1ccccc1. The van der Waals surface area contributed by atoms with E-state index in [0.29, 0.717) is 6.42 Å². The van der Waals surface area contributed by atoms with Crippen molar-refractivity contribution < 1.29 is 19.5 Å². The van der Waals surface area contributed by atoms with E-state index in [1.165, 1.54) is 0 Å². The van der Waals surface area contributed by atoms with Gasteiger partial charge in [0, 0.05) is 5.92 Å². The highest BCUT2D eigenvalue weighted by molar-refractivity contribution is 5.91. The van der Waals surface area contributed by atoms with E-state index >= 15 is 0 Å². The molecule has 0 radical (unpaired) electrons. The molecule has 5 heteroatoms. The van der Waals surface area contributed by atoms with Crippen LogP contribution in [0.1, 0.15) is 45.1 Å². The first-order valence-corrected chi connectivity index (χ1v) is 7.00. The van der Waals surface area contributed by atoms with Gasteiger partial charge in [0.25, 0.3) is 5.91 Å². The van der Waals surface area contributed by atoms with E-state index in [1.807, 2.05) is 30.3 Å². The fourth-order valence-electron chi connectivity index (χ4n) is 2.70. The Bertz CT molecular complexity index is 535. The second kappa shape index (κ2) is 5.48. The Morgan fingerprint density at radius 2 is 1.95 bits per heavy atom. The minimum atomic E-state index is -0.904. The number of carbonyl (C=O) groups is 2. The molecule has 1 amide bonds. The smallest absolute Gasteiger partial charge is 0.307 e. The lowest BCUT2D eigenvalue weighted by atomic mass is 9.94. The molecule has 5 nitrogen and oxygen atoms in total. The van der Waals surface area contributed by atoms with Gasteiger partial charge in [0.1, 0.15) is 5.60 Å². The molecule has 2 N–H and O–H groups in total. The predicted molar refractivity (Wildman–Crippen MR) is 76.6 cm³/mol. The van der Waals surface area contributed by atoms with Gasteiger partial charge in [0.05, 0.1) is 11.8 Å². The van der Waals surface area contributed by atoms with Crippen molar-refractivity contribution in [1.82, 2.24) is 5.48 Å². The minimum absolute atomic E-state index is 0.0315. The number of amides is 1. The zero-order valence-corrected chi connectivity index (χ0v) is 12.6. The summed E-state index contributed by atoms with van der Waals surface area (Å²) in [5, 5.41) is 8.97. The maximum Gasteiger partial charge on any atom is 0.307 e. The molecule has 0 heterocycles. The number of carbonyl (C=O) groups excluding carboxylic acids is 2. The number of ether oxygens (including phenoxy) is 1. The third-order valence-corrected chi connectivity index (χ3v) is 3.71. The van der Waals surface area contributed by atoms with Crippen LogP contribution in [0.3, 0.4) is 0 Å². The molecular formula is C16H21NO4. The van der Waals surface area contributed by atoms with Gasteiger partial charge in [-0.3, -0.25) is 14.8 Å². The van der Waals surface area contributed by atoms with Crippen LogP contribution in [0.25, 0.3) is 0 Å². The fraction of sp³-hybridized carbons (Fsp3) is 0.500. The molecule has 1 aromatic carbocycles. The Hall–Kier alpha value is -1.88. The van der Waals surface area contributed by atoms with Crippen molar-refractivity contribution in [3.05, 3.63) is 35.9 Å². The molecule has 0 bridgehead atoms. The molecule has 1 aliphatic carbocycles. The van der Waals surface area contributed by atoms with Gasteiger partial charge in [0.15, 0.2) is 0 Å². The summed E-state index contributed by atoms with van der Waals surface area (Å²) in [6.07, 6.45) is 0.499. The summed E-state index contributed by atoms with van der Waals surface area (Å²) in [7, 11) is 0. The molecule has 2 rings (SSSR count). The predicted octanol–water partition coefficient (Wildman–Crippen LogP) is 2.40. The Morgan fingerprint density at radius 3 is 2.48 bits per heavy atom. The molecule has 1 aliphatic rings. The van der Waals surface area contributed by atoms with Crippen LogP contribution < -0.4 is 5.48 Å². The van der Waals surface area contributed by atoms with Crippen molar-refractivity contribution >= 4 is 11.9 Å². The van der Waals surface area contributed by atoms with Crippen molar-refractivity contribution in [2.75, 3.05) is 0 Å². The number of hydroxylamine groups is 1. The lowest BCUT2D eigenvalue weighted by molar-refractivity contribution is -0.159. The van der Waals surface area contributed by atoms with Gasteiger partial charge in [0.2, 0.25) is 0 Å². The quantitative estimate of drug-likeness (QED) is 0.507. The number of hydrogen-bond donors (Lipinski definition) is 2. The second-order valence-electron chi connectivity index (χ2n) is 6.53. The van der Waals surface area contributed by atoms with Crippen LogP contribution in [-0.4, -0.2) is 22.7 Å². The number of hydrogen-bond acceptors (Lipinski definition) is 4. The Labute approximate surface area is 124 Å². The van der Waals surface area contributed by atoms with E-state index < -0.39 is 22.9 Å². The first-order chi connectivity index (χ1) is 9.78. The molecule has 0 aliphatic heterocycles. The lowest BCUT2D eigenvalue weighted by Crippen LogP contribution is -2.34. The number of esters is 1. The number of nitrogens with one attached hydrogen (secondary N) is 1. The molecule has 1 saturated carbocycles. The molecule has 21 heavy (non-hydrogen) atoms. The molecule has 1 aromatic rings. The van der Waals surface area contributed by atoms with E-state index in [4.69, 9.17) is 9.94 Å². The van der Waals surface area contributed by atoms with Crippen LogP contribution in [0, 0.1) is 5.41 Å². The van der Waals surface area contributed by atoms with Gasteiger partial charge < -0.3 is 4.74 Å². The van der Waals surface area contributed by atoms with Crippen LogP contribution in [0.4, 0.5) is 0 Å². The van der Waals surface area contributed by atoms with Crippen LogP contribution >= 0.6 is 0 Å². The molecule has 0 saturated heterocycles. The second-order valence-corrected chi connectivity index (χ2v) is 6.53. The summed E-state index contributed by atoms with van der Waals surface area (Å²) in [6.45, 7) is 5.35. The van der Waals surface area contributed by atoms with E-state index in [9.17, 15) is 9.59 Å². The highest BCUT2D eigenvalue weighted by Gasteiger charge is 2.61. The molecule has 1 fully saturated rings. The average molecular weight is 291 g/mol. The van der Waals surface area contributed by atoms with Gasteiger partial charge >= 0.3 is 5.97 Å². The Balaban J connectivity index is 2.15. The summed E-state index contributed by atoms with van der Waals surface area (Å²) >= 11 is 0. The maximum absolute atomic E-state index is 12.0. The maximum atomic E-state index is 12.0. The van der Waals surface area contributed by atoms with Gasteiger partial charge in [-0.25, -0.2) is 5.48 Å². The molecule has 0 spiro atoms. The lowest BCUT2D eigenvalue weighted by Gasteiger charge is -2.22. The van der Waals surface area contributed by atoms with Crippen molar-refractivity contribution in [3.63, 3.8) is 0 Å².